The minimum Gasteiger partial charge on any atom is -0.370 e. The highest BCUT2D eigenvalue weighted by Crippen LogP contribution is 2.46. The third kappa shape index (κ3) is 1.63. The lowest BCUT2D eigenvalue weighted by Crippen LogP contribution is -2.31. The van der Waals surface area contributed by atoms with Crippen molar-refractivity contribution in [3.05, 3.63) is 58.8 Å². The Labute approximate surface area is 123 Å². The Bertz CT molecular complexity index is 665. The molecule has 1 aromatic heterocycles. The number of nitrogens with one attached hydrogen (secondary N) is 1. The van der Waals surface area contributed by atoms with Crippen LogP contribution in [0.3, 0.4) is 0 Å². The fourth-order valence-electron chi connectivity index (χ4n) is 3.10. The number of aryl methyl sites for hydroxylation is 1. The number of nitrogens with zero attached hydrogens (tertiary/aromatic N) is 2. The summed E-state index contributed by atoms with van der Waals surface area (Å²) in [6.45, 7) is 2.02. The molecule has 3 nitrogen and oxygen atoms in total. The van der Waals surface area contributed by atoms with Crippen molar-refractivity contribution < 1.29 is 0 Å². The molecule has 0 spiro atoms. The fourth-order valence-corrected chi connectivity index (χ4v) is 3.40. The molecule has 20 heavy (non-hydrogen) atoms. The summed E-state index contributed by atoms with van der Waals surface area (Å²) in [6, 6.07) is 10.3. The van der Waals surface area contributed by atoms with Gasteiger partial charge in [0.05, 0.1) is 11.1 Å². The van der Waals surface area contributed by atoms with Crippen molar-refractivity contribution in [1.82, 2.24) is 9.78 Å². The molecule has 0 saturated carbocycles. The monoisotopic (exact) mass is 285 g/mol. The molecule has 1 atom stereocenters. The molecule has 1 aliphatic carbocycles. The van der Waals surface area contributed by atoms with Crippen LogP contribution in [0.25, 0.3) is 0 Å². The van der Waals surface area contributed by atoms with Gasteiger partial charge in [-0.1, -0.05) is 42.0 Å². The van der Waals surface area contributed by atoms with Gasteiger partial charge in [-0.15, -0.1) is 0 Å². The highest BCUT2D eigenvalue weighted by Gasteiger charge is 2.40. The van der Waals surface area contributed by atoms with Crippen LogP contribution >= 0.6 is 11.6 Å². The van der Waals surface area contributed by atoms with E-state index in [1.54, 1.807) is 0 Å². The minimum atomic E-state index is -0.148. The molecule has 1 aliphatic heterocycles. The fraction of sp³-hybridized carbons (Fsp3) is 0.312. The molecule has 0 amide bonds. The number of allylic oxidation sites excluding steroid dienone is 2. The van der Waals surface area contributed by atoms with E-state index in [2.05, 4.69) is 34.3 Å². The van der Waals surface area contributed by atoms with Crippen molar-refractivity contribution in [2.75, 3.05) is 11.9 Å². The number of fused-ring (bicyclic) bond motifs is 1. The SMILES string of the molecule is Clc1ccccc1C1(c2cc3n(n2)CCCN3)C=CC1. The molecule has 2 heterocycles. The van der Waals surface area contributed by atoms with Crippen molar-refractivity contribution in [3.63, 3.8) is 0 Å². The summed E-state index contributed by atoms with van der Waals surface area (Å²) in [5.74, 6) is 1.12. The minimum absolute atomic E-state index is 0.148. The maximum Gasteiger partial charge on any atom is 0.124 e. The second-order valence-electron chi connectivity index (χ2n) is 5.48. The van der Waals surface area contributed by atoms with Gasteiger partial charge in [0.15, 0.2) is 0 Å². The predicted octanol–water partition coefficient (Wildman–Crippen LogP) is 3.60. The second kappa shape index (κ2) is 4.38. The number of hydrogen-bond donors (Lipinski definition) is 1. The molecule has 102 valence electrons. The molecular formula is C16H16ClN3. The van der Waals surface area contributed by atoms with Crippen LogP contribution in [0.1, 0.15) is 24.1 Å². The zero-order valence-corrected chi connectivity index (χ0v) is 11.9. The van der Waals surface area contributed by atoms with E-state index in [4.69, 9.17) is 16.7 Å². The average molecular weight is 286 g/mol. The van der Waals surface area contributed by atoms with Crippen molar-refractivity contribution >= 4 is 17.4 Å². The standard InChI is InChI=1S/C16H16ClN3/c17-13-6-2-1-5-12(13)16(7-3-8-16)14-11-15-18-9-4-10-20(15)19-14/h1-3,5-7,11,18H,4,8-10H2. The lowest BCUT2D eigenvalue weighted by atomic mass is 9.68. The molecule has 1 N–H and O–H groups in total. The van der Waals surface area contributed by atoms with Crippen LogP contribution in [0, 0.1) is 0 Å². The molecule has 1 unspecified atom stereocenters. The summed E-state index contributed by atoms with van der Waals surface area (Å²) in [7, 11) is 0. The molecule has 0 radical (unpaired) electrons. The van der Waals surface area contributed by atoms with Gasteiger partial charge in [0, 0.05) is 24.2 Å². The lowest BCUT2D eigenvalue weighted by molar-refractivity contribution is 0.524. The smallest absolute Gasteiger partial charge is 0.124 e. The number of hydrogen-bond acceptors (Lipinski definition) is 2. The number of halogens is 1. The summed E-state index contributed by atoms with van der Waals surface area (Å²) < 4.78 is 2.07. The van der Waals surface area contributed by atoms with Crippen molar-refractivity contribution in [3.8, 4) is 0 Å². The first-order valence-corrected chi connectivity index (χ1v) is 7.42. The summed E-state index contributed by atoms with van der Waals surface area (Å²) in [4.78, 5) is 0. The summed E-state index contributed by atoms with van der Waals surface area (Å²) in [5, 5.41) is 9.04. The van der Waals surface area contributed by atoms with E-state index in [0.29, 0.717) is 0 Å². The first kappa shape index (κ1) is 12.0. The number of aromatic nitrogens is 2. The Balaban J connectivity index is 1.84. The van der Waals surface area contributed by atoms with Gasteiger partial charge in [-0.25, -0.2) is 4.68 Å². The molecule has 0 fully saturated rings. The summed E-state index contributed by atoms with van der Waals surface area (Å²) in [5.41, 5.74) is 2.10. The summed E-state index contributed by atoms with van der Waals surface area (Å²) >= 11 is 6.41. The first-order chi connectivity index (χ1) is 9.79. The zero-order chi connectivity index (χ0) is 13.6. The maximum atomic E-state index is 6.41. The zero-order valence-electron chi connectivity index (χ0n) is 11.1. The van der Waals surface area contributed by atoms with E-state index in [1.165, 1.54) is 0 Å². The third-order valence-electron chi connectivity index (χ3n) is 4.29. The van der Waals surface area contributed by atoms with Crippen molar-refractivity contribution in [2.45, 2.75) is 24.8 Å². The van der Waals surface area contributed by atoms with E-state index < -0.39 is 0 Å². The van der Waals surface area contributed by atoms with Crippen LogP contribution < -0.4 is 5.32 Å². The average Bonchev–Trinajstić information content (AvgIpc) is 2.83. The predicted molar refractivity (Wildman–Crippen MR) is 81.3 cm³/mol. The Kier molecular flexibility index (Phi) is 2.64. The van der Waals surface area contributed by atoms with Gasteiger partial charge in [-0.05, 0) is 24.5 Å². The van der Waals surface area contributed by atoms with Crippen LogP contribution in [-0.4, -0.2) is 16.3 Å². The van der Waals surface area contributed by atoms with Gasteiger partial charge in [0.2, 0.25) is 0 Å². The van der Waals surface area contributed by atoms with Gasteiger partial charge in [-0.2, -0.15) is 5.10 Å². The topological polar surface area (TPSA) is 29.9 Å². The van der Waals surface area contributed by atoms with Crippen molar-refractivity contribution in [2.24, 2.45) is 0 Å². The van der Waals surface area contributed by atoms with Crippen LogP contribution in [0.15, 0.2) is 42.5 Å². The van der Waals surface area contributed by atoms with Gasteiger partial charge >= 0.3 is 0 Å². The molecule has 1 aromatic carbocycles. The first-order valence-electron chi connectivity index (χ1n) is 7.04. The molecule has 0 saturated heterocycles. The Morgan fingerprint density at radius 2 is 2.15 bits per heavy atom. The van der Waals surface area contributed by atoms with Crippen LogP contribution in [0.2, 0.25) is 5.02 Å². The van der Waals surface area contributed by atoms with Gasteiger partial charge < -0.3 is 5.32 Å². The molecule has 4 heteroatoms. The lowest BCUT2D eigenvalue weighted by Gasteiger charge is -2.35. The highest BCUT2D eigenvalue weighted by atomic mass is 35.5. The van der Waals surface area contributed by atoms with Crippen LogP contribution in [0.4, 0.5) is 5.82 Å². The van der Waals surface area contributed by atoms with Gasteiger partial charge in [-0.3, -0.25) is 0 Å². The van der Waals surface area contributed by atoms with Gasteiger partial charge in [0.1, 0.15) is 5.82 Å². The molecule has 0 bridgehead atoms. The van der Waals surface area contributed by atoms with Crippen molar-refractivity contribution in [1.29, 1.82) is 0 Å². The molecular weight excluding hydrogens is 270 g/mol. The van der Waals surface area contributed by atoms with Crippen LogP contribution in [0.5, 0.6) is 0 Å². The second-order valence-corrected chi connectivity index (χ2v) is 5.88. The van der Waals surface area contributed by atoms with E-state index >= 15 is 0 Å². The normalized spacial score (nSPS) is 23.9. The Morgan fingerprint density at radius 1 is 1.30 bits per heavy atom. The number of rotatable bonds is 2. The molecule has 2 aromatic rings. The maximum absolute atomic E-state index is 6.41. The molecule has 2 aliphatic rings. The quantitative estimate of drug-likeness (QED) is 0.855. The highest BCUT2D eigenvalue weighted by molar-refractivity contribution is 6.31. The Morgan fingerprint density at radius 3 is 2.85 bits per heavy atom. The number of anilines is 1. The summed E-state index contributed by atoms with van der Waals surface area (Å²) in [6.07, 6.45) is 6.51. The van der Waals surface area contributed by atoms with Gasteiger partial charge in [0.25, 0.3) is 0 Å². The molecule has 4 rings (SSSR count). The number of benzene rings is 1. The van der Waals surface area contributed by atoms with E-state index in [1.807, 2.05) is 18.2 Å². The van der Waals surface area contributed by atoms with E-state index in [-0.39, 0.29) is 5.41 Å². The van der Waals surface area contributed by atoms with Crippen LogP contribution in [-0.2, 0) is 12.0 Å². The van der Waals surface area contributed by atoms with E-state index in [9.17, 15) is 0 Å². The van der Waals surface area contributed by atoms with E-state index in [0.717, 1.165) is 48.0 Å². The largest absolute Gasteiger partial charge is 0.370 e. The Hall–Kier alpha value is -1.74. The third-order valence-corrected chi connectivity index (χ3v) is 4.62.